The van der Waals surface area contributed by atoms with Crippen LogP contribution >= 0.6 is 11.6 Å². The molecule has 0 aliphatic carbocycles. The number of hydrogen-bond acceptors (Lipinski definition) is 3. The molecule has 0 aliphatic heterocycles. The van der Waals surface area contributed by atoms with Crippen LogP contribution in [0.25, 0.3) is 0 Å². The van der Waals surface area contributed by atoms with E-state index in [0.717, 1.165) is 0 Å². The van der Waals surface area contributed by atoms with Crippen LogP contribution in [0.15, 0.2) is 0 Å². The molecule has 0 spiro atoms. The molecule has 0 saturated heterocycles. The lowest BCUT2D eigenvalue weighted by molar-refractivity contribution is -0.195. The second-order valence-corrected chi connectivity index (χ2v) is 2.50. The number of carbonyl (C=O) groups is 1. The molecular formula is C6H11ClO3. The molecular weight excluding hydrogens is 156 g/mol. The maximum absolute atomic E-state index is 10.4. The van der Waals surface area contributed by atoms with Gasteiger partial charge >= 0.3 is 0 Å². The number of carbonyl (C=O) groups excluding carboxylic acids is 1. The van der Waals surface area contributed by atoms with E-state index in [0.29, 0.717) is 0 Å². The van der Waals surface area contributed by atoms with Crippen LogP contribution in [0.3, 0.4) is 0 Å². The van der Waals surface area contributed by atoms with E-state index < -0.39 is 11.0 Å². The van der Waals surface area contributed by atoms with Gasteiger partial charge in [-0.2, -0.15) is 0 Å². The highest BCUT2D eigenvalue weighted by Gasteiger charge is 2.25. The average molecular weight is 167 g/mol. The molecule has 0 aliphatic rings. The molecule has 0 N–H and O–H groups in total. The highest BCUT2D eigenvalue weighted by Crippen LogP contribution is 2.15. The Morgan fingerprint density at radius 3 is 2.00 bits per heavy atom. The van der Waals surface area contributed by atoms with Crippen molar-refractivity contribution in [2.24, 2.45) is 0 Å². The predicted octanol–water partition coefficient (Wildman–Crippen LogP) is 1.15. The number of methoxy groups -OCH3 is 2. The molecule has 0 fully saturated rings. The standard InChI is InChI=1S/C6H11ClO3/c1-6(9-2,10-3)4-5(7)8/h4H2,1-3H3. The topological polar surface area (TPSA) is 35.5 Å². The van der Waals surface area contributed by atoms with Gasteiger partial charge in [0, 0.05) is 14.2 Å². The van der Waals surface area contributed by atoms with Crippen molar-refractivity contribution in [1.82, 2.24) is 0 Å². The quantitative estimate of drug-likeness (QED) is 0.464. The molecule has 0 bridgehead atoms. The largest absolute Gasteiger partial charge is 0.353 e. The Labute approximate surface area is 65.3 Å². The van der Waals surface area contributed by atoms with Crippen LogP contribution in [0, 0.1) is 0 Å². The maximum Gasteiger partial charge on any atom is 0.227 e. The third kappa shape index (κ3) is 3.15. The van der Waals surface area contributed by atoms with Gasteiger partial charge in [-0.05, 0) is 18.5 Å². The Morgan fingerprint density at radius 1 is 1.50 bits per heavy atom. The molecule has 0 saturated carbocycles. The molecule has 0 aromatic heterocycles. The normalized spacial score (nSPS) is 11.6. The first-order chi connectivity index (χ1) is 4.54. The first-order valence-electron chi connectivity index (χ1n) is 2.82. The zero-order chi connectivity index (χ0) is 8.20. The summed E-state index contributed by atoms with van der Waals surface area (Å²) in [6.45, 7) is 1.65. The van der Waals surface area contributed by atoms with Crippen molar-refractivity contribution in [3.05, 3.63) is 0 Å². The monoisotopic (exact) mass is 166 g/mol. The van der Waals surface area contributed by atoms with Crippen LogP contribution in [0.2, 0.25) is 0 Å². The van der Waals surface area contributed by atoms with E-state index in [1.807, 2.05) is 0 Å². The van der Waals surface area contributed by atoms with Crippen molar-refractivity contribution >= 4 is 16.8 Å². The van der Waals surface area contributed by atoms with Crippen LogP contribution in [0.1, 0.15) is 13.3 Å². The summed E-state index contributed by atoms with van der Waals surface area (Å²) in [6.07, 6.45) is 0.0571. The fourth-order valence-electron chi connectivity index (χ4n) is 0.480. The molecule has 0 atom stereocenters. The van der Waals surface area contributed by atoms with E-state index in [1.165, 1.54) is 14.2 Å². The zero-order valence-electron chi connectivity index (χ0n) is 6.31. The fourth-order valence-corrected chi connectivity index (χ4v) is 0.723. The Morgan fingerprint density at radius 2 is 1.90 bits per heavy atom. The van der Waals surface area contributed by atoms with Gasteiger partial charge in [-0.15, -0.1) is 0 Å². The summed E-state index contributed by atoms with van der Waals surface area (Å²) < 4.78 is 9.74. The molecule has 3 nitrogen and oxygen atoms in total. The van der Waals surface area contributed by atoms with Crippen LogP contribution < -0.4 is 0 Å². The van der Waals surface area contributed by atoms with Crippen molar-refractivity contribution in [3.63, 3.8) is 0 Å². The van der Waals surface area contributed by atoms with E-state index in [-0.39, 0.29) is 6.42 Å². The Hall–Kier alpha value is -0.120. The van der Waals surface area contributed by atoms with E-state index in [4.69, 9.17) is 21.1 Å². The van der Waals surface area contributed by atoms with Crippen molar-refractivity contribution in [2.45, 2.75) is 19.1 Å². The summed E-state index contributed by atoms with van der Waals surface area (Å²) in [4.78, 5) is 10.4. The second kappa shape index (κ2) is 3.91. The first-order valence-corrected chi connectivity index (χ1v) is 3.20. The summed E-state index contributed by atoms with van der Waals surface area (Å²) in [5.74, 6) is -0.876. The van der Waals surface area contributed by atoms with E-state index >= 15 is 0 Å². The Kier molecular flexibility index (Phi) is 3.86. The molecule has 0 radical (unpaired) electrons. The van der Waals surface area contributed by atoms with Crippen LogP contribution in [-0.4, -0.2) is 25.2 Å². The van der Waals surface area contributed by atoms with E-state index in [1.54, 1.807) is 6.92 Å². The summed E-state index contributed by atoms with van der Waals surface area (Å²) >= 11 is 5.12. The van der Waals surface area contributed by atoms with Crippen LogP contribution in [0.4, 0.5) is 0 Å². The zero-order valence-corrected chi connectivity index (χ0v) is 7.07. The summed E-state index contributed by atoms with van der Waals surface area (Å²) in [7, 11) is 2.92. The SMILES string of the molecule is COC(C)(CC(=O)Cl)OC. The maximum atomic E-state index is 10.4. The number of ether oxygens (including phenoxy) is 2. The van der Waals surface area contributed by atoms with Gasteiger partial charge in [-0.3, -0.25) is 4.79 Å². The molecule has 0 amide bonds. The van der Waals surface area contributed by atoms with Crippen molar-refractivity contribution in [1.29, 1.82) is 0 Å². The highest BCUT2D eigenvalue weighted by molar-refractivity contribution is 6.63. The minimum Gasteiger partial charge on any atom is -0.353 e. The van der Waals surface area contributed by atoms with Gasteiger partial charge in [0.15, 0.2) is 5.79 Å². The minimum absolute atomic E-state index is 0.0571. The van der Waals surface area contributed by atoms with E-state index in [9.17, 15) is 4.79 Å². The molecule has 0 unspecified atom stereocenters. The Bertz CT molecular complexity index is 120. The second-order valence-electron chi connectivity index (χ2n) is 2.07. The third-order valence-corrected chi connectivity index (χ3v) is 1.46. The first kappa shape index (κ1) is 9.88. The van der Waals surface area contributed by atoms with Gasteiger partial charge in [-0.1, -0.05) is 0 Å². The lowest BCUT2D eigenvalue weighted by Gasteiger charge is -2.23. The molecule has 4 heteroatoms. The van der Waals surface area contributed by atoms with Crippen molar-refractivity contribution in [2.75, 3.05) is 14.2 Å². The van der Waals surface area contributed by atoms with Gasteiger partial charge in [0.05, 0.1) is 6.42 Å². The number of halogens is 1. The van der Waals surface area contributed by atoms with E-state index in [2.05, 4.69) is 0 Å². The fraction of sp³-hybridized carbons (Fsp3) is 0.833. The Balaban J connectivity index is 3.92. The summed E-state index contributed by atoms with van der Waals surface area (Å²) in [5, 5.41) is -0.466. The van der Waals surface area contributed by atoms with Gasteiger partial charge in [0.1, 0.15) is 0 Å². The van der Waals surface area contributed by atoms with Crippen LogP contribution in [0.5, 0.6) is 0 Å². The number of rotatable bonds is 4. The van der Waals surface area contributed by atoms with Gasteiger partial charge in [0.2, 0.25) is 5.24 Å². The van der Waals surface area contributed by atoms with Gasteiger partial charge < -0.3 is 9.47 Å². The number of hydrogen-bond donors (Lipinski definition) is 0. The average Bonchev–Trinajstić information content (AvgIpc) is 1.87. The third-order valence-electron chi connectivity index (χ3n) is 1.32. The minimum atomic E-state index is -0.876. The predicted molar refractivity (Wildman–Crippen MR) is 37.9 cm³/mol. The molecule has 10 heavy (non-hydrogen) atoms. The molecule has 0 heterocycles. The lowest BCUT2D eigenvalue weighted by atomic mass is 10.2. The molecule has 0 aromatic carbocycles. The lowest BCUT2D eigenvalue weighted by Crippen LogP contribution is -2.31. The van der Waals surface area contributed by atoms with Crippen molar-refractivity contribution < 1.29 is 14.3 Å². The molecule has 60 valence electrons. The van der Waals surface area contributed by atoms with Crippen LogP contribution in [-0.2, 0) is 14.3 Å². The summed E-state index contributed by atoms with van der Waals surface area (Å²) in [6, 6.07) is 0. The molecule has 0 rings (SSSR count). The van der Waals surface area contributed by atoms with Crippen molar-refractivity contribution in [3.8, 4) is 0 Å². The summed E-state index contributed by atoms with van der Waals surface area (Å²) in [5.41, 5.74) is 0. The molecule has 0 aromatic rings. The smallest absolute Gasteiger partial charge is 0.227 e. The van der Waals surface area contributed by atoms with Gasteiger partial charge in [0.25, 0.3) is 0 Å². The van der Waals surface area contributed by atoms with Gasteiger partial charge in [-0.25, -0.2) is 0 Å². The highest BCUT2D eigenvalue weighted by atomic mass is 35.5.